The van der Waals surface area contributed by atoms with Crippen LogP contribution in [0, 0.1) is 11.3 Å². The van der Waals surface area contributed by atoms with E-state index in [0.29, 0.717) is 42.0 Å². The van der Waals surface area contributed by atoms with Crippen molar-refractivity contribution in [2.24, 2.45) is 11.7 Å². The molecule has 5 N–H and O–H groups in total. The molecule has 2 amide bonds. The van der Waals surface area contributed by atoms with Crippen molar-refractivity contribution in [3.05, 3.63) is 11.8 Å². The van der Waals surface area contributed by atoms with Crippen LogP contribution in [0.25, 0.3) is 0 Å². The predicted octanol–water partition coefficient (Wildman–Crippen LogP) is -0.451. The number of urea groups is 1. The zero-order valence-corrected chi connectivity index (χ0v) is 15.6. The molecule has 4 rings (SSSR count). The molecule has 3 aliphatic rings. The van der Waals surface area contributed by atoms with E-state index in [1.165, 1.54) is 4.90 Å². The van der Waals surface area contributed by atoms with Crippen LogP contribution in [0.1, 0.15) is 43.5 Å². The highest BCUT2D eigenvalue weighted by Gasteiger charge is 2.49. The maximum Gasteiger partial charge on any atom is 0.418 e. The van der Waals surface area contributed by atoms with E-state index in [2.05, 4.69) is 19.8 Å². The number of hydrogen-bond acceptors (Lipinski definition) is 8. The molecule has 0 unspecified atom stereocenters. The predicted molar refractivity (Wildman–Crippen MR) is 91.9 cm³/mol. The zero-order chi connectivity index (χ0) is 20.1. The number of guanidine groups is 1. The average Bonchev–Trinajstić information content (AvgIpc) is 3.11. The van der Waals surface area contributed by atoms with Crippen LogP contribution in [0.3, 0.4) is 0 Å². The van der Waals surface area contributed by atoms with Crippen molar-refractivity contribution >= 4 is 22.4 Å². The highest BCUT2D eigenvalue weighted by molar-refractivity contribution is 7.80. The Kier molecular flexibility index (Phi) is 4.63. The lowest BCUT2D eigenvalue weighted by molar-refractivity contribution is -0.0317. The molecule has 13 nitrogen and oxygen atoms in total. The average molecular weight is 415 g/mol. The second kappa shape index (κ2) is 6.86. The van der Waals surface area contributed by atoms with E-state index < -0.39 is 28.5 Å². The zero-order valence-electron chi connectivity index (χ0n) is 14.8. The molecule has 3 heterocycles. The maximum atomic E-state index is 12.4. The van der Waals surface area contributed by atoms with Gasteiger partial charge in [0, 0.05) is 19.0 Å². The molecule has 2 saturated heterocycles. The van der Waals surface area contributed by atoms with E-state index in [-0.39, 0.29) is 18.5 Å². The van der Waals surface area contributed by atoms with Gasteiger partial charge in [0.2, 0.25) is 11.8 Å². The van der Waals surface area contributed by atoms with Crippen molar-refractivity contribution in [3.8, 4) is 0 Å². The topological polar surface area (TPSA) is 188 Å². The molecule has 0 radical (unpaired) electrons. The van der Waals surface area contributed by atoms with E-state index in [0.717, 1.165) is 12.8 Å². The SMILES string of the molecule is N=C(N)NC1CC(Cc2nnc([C@@H]3CC[C@@H]4CN3C(=O)N4OS(=O)(=O)O)o2)C1. The summed E-state index contributed by atoms with van der Waals surface area (Å²) in [7, 11) is -4.78. The van der Waals surface area contributed by atoms with Gasteiger partial charge in [-0.1, -0.05) is 0 Å². The van der Waals surface area contributed by atoms with Crippen LogP contribution in [0.5, 0.6) is 0 Å². The summed E-state index contributed by atoms with van der Waals surface area (Å²) in [6.45, 7) is 0.248. The summed E-state index contributed by atoms with van der Waals surface area (Å²) in [5, 5.41) is 18.9. The Morgan fingerprint density at radius 2 is 2.14 bits per heavy atom. The Morgan fingerprint density at radius 1 is 1.39 bits per heavy atom. The summed E-state index contributed by atoms with van der Waals surface area (Å²) in [5.41, 5.74) is 5.31. The largest absolute Gasteiger partial charge is 0.423 e. The molecule has 2 atom stereocenters. The van der Waals surface area contributed by atoms with Crippen LogP contribution < -0.4 is 11.1 Å². The summed E-state index contributed by atoms with van der Waals surface area (Å²) in [6.07, 6.45) is 3.30. The molecular weight excluding hydrogens is 394 g/mol. The number of hydroxylamine groups is 2. The van der Waals surface area contributed by atoms with Crippen LogP contribution >= 0.6 is 0 Å². The lowest BCUT2D eigenvalue weighted by atomic mass is 9.78. The normalized spacial score (nSPS) is 29.7. The van der Waals surface area contributed by atoms with Gasteiger partial charge in [0.1, 0.15) is 6.04 Å². The van der Waals surface area contributed by atoms with Crippen LogP contribution in [0.15, 0.2) is 4.42 Å². The van der Waals surface area contributed by atoms with Crippen LogP contribution in [0.2, 0.25) is 0 Å². The number of rotatable bonds is 6. The molecule has 154 valence electrons. The third-order valence-corrected chi connectivity index (χ3v) is 5.67. The first-order valence-electron chi connectivity index (χ1n) is 8.89. The monoisotopic (exact) mass is 415 g/mol. The van der Waals surface area contributed by atoms with Crippen LogP contribution in [-0.4, -0.2) is 63.8 Å². The number of carbonyl (C=O) groups is 1. The Hall–Kier alpha value is -2.45. The Bertz CT molecular complexity index is 882. The fourth-order valence-electron chi connectivity index (χ4n) is 4.06. The lowest BCUT2D eigenvalue weighted by Gasteiger charge is -2.35. The number of nitrogens with one attached hydrogen (secondary N) is 2. The minimum absolute atomic E-state index is 0.0403. The second-order valence-corrected chi connectivity index (χ2v) is 8.35. The summed E-state index contributed by atoms with van der Waals surface area (Å²) in [4.78, 5) is 13.8. The smallest absolute Gasteiger partial charge is 0.418 e. The minimum atomic E-state index is -4.78. The van der Waals surface area contributed by atoms with Gasteiger partial charge >= 0.3 is 16.4 Å². The molecular formula is C14H21N7O6S. The first-order chi connectivity index (χ1) is 13.2. The summed E-state index contributed by atoms with van der Waals surface area (Å²) < 4.78 is 40.9. The number of fused-ring (bicyclic) bond motifs is 2. The van der Waals surface area contributed by atoms with Gasteiger partial charge < -0.3 is 20.4 Å². The third-order valence-electron chi connectivity index (χ3n) is 5.32. The molecule has 0 spiro atoms. The van der Waals surface area contributed by atoms with Crippen LogP contribution in [0.4, 0.5) is 4.79 Å². The fourth-order valence-corrected chi connectivity index (χ4v) is 4.45. The quantitative estimate of drug-likeness (QED) is 0.269. The molecule has 0 aromatic carbocycles. The van der Waals surface area contributed by atoms with Gasteiger partial charge in [0.15, 0.2) is 5.96 Å². The molecule has 1 aromatic heterocycles. The minimum Gasteiger partial charge on any atom is -0.423 e. The van der Waals surface area contributed by atoms with E-state index in [9.17, 15) is 13.2 Å². The number of piperidine rings is 1. The number of amides is 2. The second-order valence-electron chi connectivity index (χ2n) is 7.34. The highest BCUT2D eigenvalue weighted by Crippen LogP contribution is 2.38. The van der Waals surface area contributed by atoms with Crippen molar-refractivity contribution in [1.29, 1.82) is 5.41 Å². The molecule has 3 fully saturated rings. The van der Waals surface area contributed by atoms with Crippen molar-refractivity contribution in [2.45, 2.75) is 50.2 Å². The molecule has 2 aliphatic heterocycles. The molecule has 1 aromatic rings. The van der Waals surface area contributed by atoms with E-state index >= 15 is 0 Å². The van der Waals surface area contributed by atoms with Gasteiger partial charge in [-0.05, 0) is 31.6 Å². The Labute approximate surface area is 160 Å². The number of carbonyl (C=O) groups excluding carboxylic acids is 1. The van der Waals surface area contributed by atoms with Crippen molar-refractivity contribution in [2.75, 3.05) is 6.54 Å². The lowest BCUT2D eigenvalue weighted by Crippen LogP contribution is -2.47. The molecule has 1 saturated carbocycles. The van der Waals surface area contributed by atoms with Crippen molar-refractivity contribution < 1.29 is 26.5 Å². The third kappa shape index (κ3) is 3.74. The van der Waals surface area contributed by atoms with Crippen LogP contribution in [-0.2, 0) is 21.1 Å². The summed E-state index contributed by atoms with van der Waals surface area (Å²) >= 11 is 0. The number of aromatic nitrogens is 2. The van der Waals surface area contributed by atoms with Crippen molar-refractivity contribution in [1.82, 2.24) is 25.5 Å². The number of hydrogen-bond donors (Lipinski definition) is 4. The number of nitrogens with zero attached hydrogens (tertiary/aromatic N) is 4. The maximum absolute atomic E-state index is 12.4. The molecule has 28 heavy (non-hydrogen) atoms. The number of nitrogens with two attached hydrogens (primary N) is 1. The summed E-state index contributed by atoms with van der Waals surface area (Å²) in [6, 6.07) is -1.40. The standard InChI is InChI=1S/C14H21N7O6S/c15-13(16)17-8-3-7(4-8)5-11-18-19-12(26-11)10-2-1-9-6-20(10)14(22)21(9)27-28(23,24)25/h7-10H,1-6H2,(H4,15,16,17)(H,23,24,25)/t7?,8?,9-,10+/m1/s1. The van der Waals surface area contributed by atoms with Crippen molar-refractivity contribution in [3.63, 3.8) is 0 Å². The van der Waals surface area contributed by atoms with Gasteiger partial charge in [-0.15, -0.1) is 14.5 Å². The highest BCUT2D eigenvalue weighted by atomic mass is 32.3. The first-order valence-corrected chi connectivity index (χ1v) is 10.3. The van der Waals surface area contributed by atoms with Gasteiger partial charge in [0.05, 0.1) is 6.04 Å². The Balaban J connectivity index is 1.37. The first kappa shape index (κ1) is 18.9. The molecule has 2 bridgehead atoms. The van der Waals surface area contributed by atoms with E-state index in [1.54, 1.807) is 0 Å². The summed E-state index contributed by atoms with van der Waals surface area (Å²) in [5.74, 6) is 1.09. The van der Waals surface area contributed by atoms with Gasteiger partial charge in [-0.2, -0.15) is 13.5 Å². The molecule has 14 heteroatoms. The van der Waals surface area contributed by atoms with Gasteiger partial charge in [0.25, 0.3) is 0 Å². The van der Waals surface area contributed by atoms with Gasteiger partial charge in [-0.25, -0.2) is 4.79 Å². The van der Waals surface area contributed by atoms with Gasteiger partial charge in [-0.3, -0.25) is 9.96 Å². The Morgan fingerprint density at radius 3 is 2.82 bits per heavy atom. The van der Waals surface area contributed by atoms with E-state index in [4.69, 9.17) is 20.1 Å². The fraction of sp³-hybridized carbons (Fsp3) is 0.714. The molecule has 1 aliphatic carbocycles. The van der Waals surface area contributed by atoms with E-state index in [1.807, 2.05) is 0 Å².